The zero-order chi connectivity index (χ0) is 19.7. The maximum Gasteiger partial charge on any atom is 0.269 e. The molecule has 10 heteroatoms. The zero-order valence-electron chi connectivity index (χ0n) is 14.2. The molecule has 2 aromatic rings. The molecule has 8 nitrogen and oxygen atoms in total. The van der Waals surface area contributed by atoms with Crippen LogP contribution in [0.2, 0.25) is 10.0 Å². The summed E-state index contributed by atoms with van der Waals surface area (Å²) in [5.41, 5.74) is 0.822. The molecular weight excluding hydrogens is 397 g/mol. The molecule has 0 spiro atoms. The van der Waals surface area contributed by atoms with Crippen LogP contribution in [0.1, 0.15) is 24.3 Å². The van der Waals surface area contributed by atoms with Crippen molar-refractivity contribution < 1.29 is 19.2 Å². The molecular formula is C17H13Cl2N3O5. The zero-order valence-corrected chi connectivity index (χ0v) is 15.7. The van der Waals surface area contributed by atoms with Crippen LogP contribution in [0.4, 0.5) is 5.69 Å². The summed E-state index contributed by atoms with van der Waals surface area (Å²) in [6.07, 6.45) is -0.888. The molecule has 1 aliphatic heterocycles. The fourth-order valence-corrected chi connectivity index (χ4v) is 3.15. The molecule has 0 aliphatic carbocycles. The third-order valence-electron chi connectivity index (χ3n) is 3.80. The predicted molar refractivity (Wildman–Crippen MR) is 99.0 cm³/mol. The van der Waals surface area contributed by atoms with E-state index in [1.165, 1.54) is 44.4 Å². The first-order chi connectivity index (χ1) is 12.8. The summed E-state index contributed by atoms with van der Waals surface area (Å²) in [5, 5.41) is 16.8. The maximum absolute atomic E-state index is 12.0. The smallest absolute Gasteiger partial charge is 0.269 e. The number of nitro benzene ring substituents is 1. The molecule has 2 aromatic carbocycles. The number of hydrogen-bond donors (Lipinski definition) is 0. The largest absolute Gasteiger partial charge is 0.494 e. The summed E-state index contributed by atoms with van der Waals surface area (Å²) in [6, 6.07) is 8.72. The van der Waals surface area contributed by atoms with E-state index in [9.17, 15) is 14.9 Å². The SMILES string of the molecule is COc1c(Cl)cc(Cl)cc1C1=NN(C(C)=O)[C@@H](c2ccc([N+](=O)[O-])cc2)O1. The van der Waals surface area contributed by atoms with Crippen LogP contribution in [0, 0.1) is 10.1 Å². The minimum Gasteiger partial charge on any atom is -0.494 e. The van der Waals surface area contributed by atoms with Gasteiger partial charge in [-0.1, -0.05) is 23.2 Å². The van der Waals surface area contributed by atoms with Gasteiger partial charge in [-0.3, -0.25) is 14.9 Å². The van der Waals surface area contributed by atoms with E-state index in [0.29, 0.717) is 21.9 Å². The molecule has 140 valence electrons. The summed E-state index contributed by atoms with van der Waals surface area (Å²) in [5.74, 6) is 0.0166. The van der Waals surface area contributed by atoms with Crippen LogP contribution in [0.25, 0.3) is 0 Å². The first kappa shape index (κ1) is 18.9. The van der Waals surface area contributed by atoms with Crippen LogP contribution < -0.4 is 4.74 Å². The predicted octanol–water partition coefficient (Wildman–Crippen LogP) is 4.15. The van der Waals surface area contributed by atoms with Gasteiger partial charge in [-0.15, -0.1) is 5.10 Å². The van der Waals surface area contributed by atoms with Gasteiger partial charge in [0.2, 0.25) is 18.0 Å². The van der Waals surface area contributed by atoms with Crippen molar-refractivity contribution in [3.63, 3.8) is 0 Å². The number of methoxy groups -OCH3 is 1. The van der Waals surface area contributed by atoms with Crippen molar-refractivity contribution in [3.8, 4) is 5.75 Å². The second-order valence-electron chi connectivity index (χ2n) is 5.56. The van der Waals surface area contributed by atoms with Gasteiger partial charge >= 0.3 is 0 Å². The average Bonchev–Trinajstić information content (AvgIpc) is 3.06. The number of halogens is 2. The van der Waals surface area contributed by atoms with Crippen LogP contribution in [0.3, 0.4) is 0 Å². The van der Waals surface area contributed by atoms with Gasteiger partial charge in [-0.25, -0.2) is 0 Å². The van der Waals surface area contributed by atoms with E-state index in [0.717, 1.165) is 5.01 Å². The molecule has 1 atom stereocenters. The molecule has 1 amide bonds. The Bertz CT molecular complexity index is 946. The molecule has 0 bridgehead atoms. The Labute approximate surface area is 164 Å². The number of rotatable bonds is 4. The Hall–Kier alpha value is -2.84. The molecule has 0 N–H and O–H groups in total. The number of nitro groups is 1. The van der Waals surface area contributed by atoms with Crippen LogP contribution in [-0.4, -0.2) is 28.8 Å². The number of hydrazone groups is 1. The van der Waals surface area contributed by atoms with E-state index >= 15 is 0 Å². The molecule has 1 aliphatic rings. The van der Waals surface area contributed by atoms with Gasteiger partial charge in [0.15, 0.2) is 0 Å². The van der Waals surface area contributed by atoms with E-state index < -0.39 is 11.2 Å². The Kier molecular flexibility index (Phi) is 5.20. The van der Waals surface area contributed by atoms with Crippen molar-refractivity contribution in [1.29, 1.82) is 0 Å². The molecule has 0 fully saturated rings. The first-order valence-corrected chi connectivity index (χ1v) is 8.40. The van der Waals surface area contributed by atoms with Crippen LogP contribution in [0.5, 0.6) is 5.75 Å². The normalized spacial score (nSPS) is 15.9. The van der Waals surface area contributed by atoms with E-state index in [-0.39, 0.29) is 22.5 Å². The molecule has 3 rings (SSSR count). The highest BCUT2D eigenvalue weighted by molar-refractivity contribution is 6.36. The fourth-order valence-electron chi connectivity index (χ4n) is 2.58. The van der Waals surface area contributed by atoms with Gasteiger partial charge in [-0.05, 0) is 24.3 Å². The summed E-state index contributed by atoms with van der Waals surface area (Å²) in [7, 11) is 1.44. The lowest BCUT2D eigenvalue weighted by molar-refractivity contribution is -0.384. The van der Waals surface area contributed by atoms with Gasteiger partial charge in [0.25, 0.3) is 5.69 Å². The van der Waals surface area contributed by atoms with Crippen molar-refractivity contribution >= 4 is 40.7 Å². The van der Waals surface area contributed by atoms with Gasteiger partial charge < -0.3 is 9.47 Å². The average molecular weight is 410 g/mol. The lowest BCUT2D eigenvalue weighted by Crippen LogP contribution is -2.25. The number of amides is 1. The summed E-state index contributed by atoms with van der Waals surface area (Å²) in [4.78, 5) is 22.3. The van der Waals surface area contributed by atoms with E-state index in [4.69, 9.17) is 32.7 Å². The molecule has 1 heterocycles. The lowest BCUT2D eigenvalue weighted by Gasteiger charge is -2.19. The van der Waals surface area contributed by atoms with Crippen molar-refractivity contribution in [2.45, 2.75) is 13.2 Å². The van der Waals surface area contributed by atoms with Crippen molar-refractivity contribution in [1.82, 2.24) is 5.01 Å². The summed E-state index contributed by atoms with van der Waals surface area (Å²) in [6.45, 7) is 1.33. The van der Waals surface area contributed by atoms with Crippen molar-refractivity contribution in [2.24, 2.45) is 5.10 Å². The van der Waals surface area contributed by atoms with Gasteiger partial charge in [-0.2, -0.15) is 5.01 Å². The number of nitrogens with zero attached hydrogens (tertiary/aromatic N) is 3. The lowest BCUT2D eigenvalue weighted by atomic mass is 10.1. The summed E-state index contributed by atoms with van der Waals surface area (Å²) < 4.78 is 11.1. The van der Waals surface area contributed by atoms with Gasteiger partial charge in [0.05, 0.1) is 22.6 Å². The third kappa shape index (κ3) is 3.67. The molecule has 0 saturated heterocycles. The third-order valence-corrected chi connectivity index (χ3v) is 4.30. The van der Waals surface area contributed by atoms with E-state index in [1.54, 1.807) is 6.07 Å². The van der Waals surface area contributed by atoms with Gasteiger partial charge in [0, 0.05) is 29.6 Å². The second-order valence-corrected chi connectivity index (χ2v) is 6.40. The molecule has 0 saturated carbocycles. The monoisotopic (exact) mass is 409 g/mol. The van der Waals surface area contributed by atoms with Crippen LogP contribution in [0.15, 0.2) is 41.5 Å². The number of ether oxygens (including phenoxy) is 2. The number of carbonyl (C=O) groups excluding carboxylic acids is 1. The standard InChI is InChI=1S/C17H13Cl2N3O5/c1-9(23)21-17(10-3-5-12(6-4-10)22(24)25)27-16(20-21)13-7-11(18)8-14(19)15(13)26-2/h3-8,17H,1-2H3/t17-/m1/s1. The Morgan fingerprint density at radius 3 is 2.52 bits per heavy atom. The fraction of sp³-hybridized carbons (Fsp3) is 0.176. The second kappa shape index (κ2) is 7.42. The highest BCUT2D eigenvalue weighted by atomic mass is 35.5. The summed E-state index contributed by atoms with van der Waals surface area (Å²) >= 11 is 12.2. The van der Waals surface area contributed by atoms with Crippen LogP contribution >= 0.6 is 23.2 Å². The van der Waals surface area contributed by atoms with Crippen molar-refractivity contribution in [3.05, 3.63) is 67.7 Å². The molecule has 27 heavy (non-hydrogen) atoms. The minimum absolute atomic E-state index is 0.0736. The Morgan fingerprint density at radius 2 is 1.96 bits per heavy atom. The Morgan fingerprint density at radius 1 is 1.30 bits per heavy atom. The minimum atomic E-state index is -0.888. The van der Waals surface area contributed by atoms with Crippen molar-refractivity contribution in [2.75, 3.05) is 7.11 Å². The number of benzene rings is 2. The van der Waals surface area contributed by atoms with E-state index in [1.807, 2.05) is 0 Å². The topological polar surface area (TPSA) is 94.3 Å². The first-order valence-electron chi connectivity index (χ1n) is 7.64. The molecule has 0 radical (unpaired) electrons. The molecule has 0 aromatic heterocycles. The number of carbonyl (C=O) groups is 1. The van der Waals surface area contributed by atoms with Gasteiger partial charge in [0.1, 0.15) is 5.75 Å². The number of non-ortho nitro benzene ring substituents is 1. The van der Waals surface area contributed by atoms with Crippen LogP contribution in [-0.2, 0) is 9.53 Å². The maximum atomic E-state index is 12.0. The number of hydrogen-bond acceptors (Lipinski definition) is 6. The molecule has 0 unspecified atom stereocenters. The quantitative estimate of drug-likeness (QED) is 0.558. The highest BCUT2D eigenvalue weighted by Gasteiger charge is 2.35. The highest BCUT2D eigenvalue weighted by Crippen LogP contribution is 2.37. The van der Waals surface area contributed by atoms with E-state index in [2.05, 4.69) is 5.10 Å². The Balaban J connectivity index is 2.00.